The van der Waals surface area contributed by atoms with Gasteiger partial charge in [-0.15, -0.1) is 0 Å². The van der Waals surface area contributed by atoms with E-state index in [0.29, 0.717) is 22.7 Å². The largest absolute Gasteiger partial charge is 0.497 e. The van der Waals surface area contributed by atoms with E-state index >= 15 is 0 Å². The van der Waals surface area contributed by atoms with Gasteiger partial charge in [0.1, 0.15) is 24.2 Å². The van der Waals surface area contributed by atoms with Gasteiger partial charge in [0.25, 0.3) is 5.91 Å². The van der Waals surface area contributed by atoms with Crippen molar-refractivity contribution in [2.75, 3.05) is 25.6 Å². The molecule has 172 valence electrons. The van der Waals surface area contributed by atoms with Crippen LogP contribution < -0.4 is 20.3 Å². The number of carbonyl (C=O) groups excluding carboxylic acids is 2. The molecule has 32 heavy (non-hydrogen) atoms. The van der Waals surface area contributed by atoms with Gasteiger partial charge >= 0.3 is 6.09 Å². The number of rotatable bonds is 10. The quantitative estimate of drug-likeness (QED) is 0.251. The Hall–Kier alpha value is -3.56. The summed E-state index contributed by atoms with van der Waals surface area (Å²) < 4.78 is 16.2. The summed E-state index contributed by atoms with van der Waals surface area (Å²) in [5, 5.41) is 20.4. The number of anilines is 1. The van der Waals surface area contributed by atoms with E-state index in [1.165, 1.54) is 0 Å². The Morgan fingerprint density at radius 1 is 1.06 bits per heavy atom. The number of methoxy groups -OCH3 is 1. The lowest BCUT2D eigenvalue weighted by atomic mass is 9.95. The normalized spacial score (nSPS) is 13.0. The topological polar surface area (TPSA) is 126 Å². The molecule has 0 fully saturated rings. The molecule has 0 aliphatic rings. The molecule has 0 aliphatic heterocycles. The summed E-state index contributed by atoms with van der Waals surface area (Å²) in [5.74, 6) is 0.161. The standard InChI is InChI=1S/C23H28N2O7/c1-15(14-16(2)22(27)25-29)21(17-4-8-20(9-5-17)31-13-12-26)32-23(28)24-18-6-10-19(30-3)11-7-18/h4-11,14-15,21,26,29H,12-13H2,1-3H3,(H,24,28)(H,25,27)/b16-14+/t15-,21-/m0/s1. The average Bonchev–Trinajstić information content (AvgIpc) is 2.81. The predicted octanol–water partition coefficient (Wildman–Crippen LogP) is 3.44. The molecule has 0 radical (unpaired) electrons. The summed E-state index contributed by atoms with van der Waals surface area (Å²) >= 11 is 0. The van der Waals surface area contributed by atoms with E-state index in [1.807, 2.05) is 0 Å². The minimum atomic E-state index is -0.735. The fourth-order valence-corrected chi connectivity index (χ4v) is 2.98. The van der Waals surface area contributed by atoms with Gasteiger partial charge in [-0.2, -0.15) is 0 Å². The summed E-state index contributed by atoms with van der Waals surface area (Å²) in [6, 6.07) is 13.7. The maximum absolute atomic E-state index is 12.6. The van der Waals surface area contributed by atoms with Crippen molar-refractivity contribution < 1.29 is 34.1 Å². The van der Waals surface area contributed by atoms with Crippen molar-refractivity contribution in [2.24, 2.45) is 5.92 Å². The van der Waals surface area contributed by atoms with Crippen LogP contribution in [0.5, 0.6) is 11.5 Å². The van der Waals surface area contributed by atoms with Gasteiger partial charge in [0.15, 0.2) is 0 Å². The molecule has 2 amide bonds. The van der Waals surface area contributed by atoms with E-state index in [4.69, 9.17) is 24.5 Å². The van der Waals surface area contributed by atoms with E-state index in [2.05, 4.69) is 5.32 Å². The van der Waals surface area contributed by atoms with Crippen molar-refractivity contribution in [3.63, 3.8) is 0 Å². The van der Waals surface area contributed by atoms with E-state index < -0.39 is 24.0 Å². The first-order chi connectivity index (χ1) is 15.4. The molecule has 2 aromatic rings. The molecule has 0 saturated heterocycles. The fourth-order valence-electron chi connectivity index (χ4n) is 2.98. The van der Waals surface area contributed by atoms with Crippen LogP contribution in [0, 0.1) is 5.92 Å². The Labute approximate surface area is 186 Å². The smallest absolute Gasteiger partial charge is 0.412 e. The third kappa shape index (κ3) is 7.29. The zero-order valence-corrected chi connectivity index (χ0v) is 18.2. The first-order valence-corrected chi connectivity index (χ1v) is 9.96. The molecule has 4 N–H and O–H groups in total. The molecular weight excluding hydrogens is 416 g/mol. The molecule has 0 bridgehead atoms. The number of ether oxygens (including phenoxy) is 3. The highest BCUT2D eigenvalue weighted by Gasteiger charge is 2.23. The minimum absolute atomic E-state index is 0.104. The van der Waals surface area contributed by atoms with E-state index in [0.717, 1.165) is 0 Å². The summed E-state index contributed by atoms with van der Waals surface area (Å²) in [6.07, 6.45) is 0.194. The van der Waals surface area contributed by atoms with Crippen LogP contribution in [0.3, 0.4) is 0 Å². The van der Waals surface area contributed by atoms with Crippen LogP contribution in [0.1, 0.15) is 25.5 Å². The maximum Gasteiger partial charge on any atom is 0.412 e. The summed E-state index contributed by atoms with van der Waals surface area (Å²) in [6.45, 7) is 3.39. The third-order valence-corrected chi connectivity index (χ3v) is 4.59. The Kier molecular flexibility index (Phi) is 9.52. The van der Waals surface area contributed by atoms with Crippen LogP contribution in [0.4, 0.5) is 10.5 Å². The fraction of sp³-hybridized carbons (Fsp3) is 0.304. The van der Waals surface area contributed by atoms with Crippen molar-refractivity contribution in [3.05, 3.63) is 65.7 Å². The predicted molar refractivity (Wildman–Crippen MR) is 118 cm³/mol. The second-order valence-electron chi connectivity index (χ2n) is 6.97. The second kappa shape index (κ2) is 12.3. The minimum Gasteiger partial charge on any atom is -0.497 e. The Morgan fingerprint density at radius 2 is 1.69 bits per heavy atom. The van der Waals surface area contributed by atoms with Gasteiger partial charge in [-0.1, -0.05) is 25.1 Å². The van der Waals surface area contributed by atoms with Crippen LogP contribution >= 0.6 is 0 Å². The molecule has 2 rings (SSSR count). The third-order valence-electron chi connectivity index (χ3n) is 4.59. The van der Waals surface area contributed by atoms with Crippen LogP contribution in [0.15, 0.2) is 60.2 Å². The number of nitrogens with one attached hydrogen (secondary N) is 2. The van der Waals surface area contributed by atoms with Crippen molar-refractivity contribution in [1.29, 1.82) is 0 Å². The molecule has 9 heteroatoms. The first kappa shape index (κ1) is 24.7. The van der Waals surface area contributed by atoms with Gasteiger partial charge in [-0.3, -0.25) is 15.3 Å². The maximum atomic E-state index is 12.6. The number of hydrogen-bond acceptors (Lipinski definition) is 7. The lowest BCUT2D eigenvalue weighted by molar-refractivity contribution is -0.125. The van der Waals surface area contributed by atoms with Crippen LogP contribution in [0.2, 0.25) is 0 Å². The number of amides is 2. The number of benzene rings is 2. The highest BCUT2D eigenvalue weighted by molar-refractivity contribution is 5.91. The number of aliphatic hydroxyl groups is 1. The second-order valence-corrected chi connectivity index (χ2v) is 6.97. The molecular formula is C23H28N2O7. The van der Waals surface area contributed by atoms with Gasteiger partial charge in [0.2, 0.25) is 0 Å². The lowest BCUT2D eigenvalue weighted by Crippen LogP contribution is -2.23. The first-order valence-electron chi connectivity index (χ1n) is 9.96. The van der Waals surface area contributed by atoms with Crippen molar-refractivity contribution >= 4 is 17.7 Å². The van der Waals surface area contributed by atoms with Crippen molar-refractivity contribution in [3.8, 4) is 11.5 Å². The Morgan fingerprint density at radius 3 is 2.25 bits per heavy atom. The van der Waals surface area contributed by atoms with Crippen molar-refractivity contribution in [1.82, 2.24) is 5.48 Å². The monoisotopic (exact) mass is 444 g/mol. The van der Waals surface area contributed by atoms with Gasteiger partial charge in [0.05, 0.1) is 13.7 Å². The molecule has 0 heterocycles. The van der Waals surface area contributed by atoms with Crippen LogP contribution in [-0.2, 0) is 9.53 Å². The number of hydrogen-bond donors (Lipinski definition) is 4. The highest BCUT2D eigenvalue weighted by atomic mass is 16.6. The van der Waals surface area contributed by atoms with Crippen molar-refractivity contribution in [2.45, 2.75) is 20.0 Å². The molecule has 0 aromatic heterocycles. The lowest BCUT2D eigenvalue weighted by Gasteiger charge is -2.23. The summed E-state index contributed by atoms with van der Waals surface area (Å²) in [4.78, 5) is 24.3. The Balaban J connectivity index is 2.22. The van der Waals surface area contributed by atoms with E-state index in [9.17, 15) is 9.59 Å². The molecule has 0 saturated carbocycles. The highest BCUT2D eigenvalue weighted by Crippen LogP contribution is 2.30. The number of carbonyl (C=O) groups is 2. The summed E-state index contributed by atoms with van der Waals surface area (Å²) in [7, 11) is 1.55. The molecule has 2 aromatic carbocycles. The average molecular weight is 444 g/mol. The molecule has 0 unspecified atom stereocenters. The summed E-state index contributed by atoms with van der Waals surface area (Å²) in [5.41, 5.74) is 3.06. The molecule has 9 nitrogen and oxygen atoms in total. The molecule has 0 spiro atoms. The van der Waals surface area contributed by atoms with Gasteiger partial charge < -0.3 is 19.3 Å². The van der Waals surface area contributed by atoms with E-state index in [-0.39, 0.29) is 18.8 Å². The molecule has 0 aliphatic carbocycles. The zero-order chi connectivity index (χ0) is 23.5. The van der Waals surface area contributed by atoms with Gasteiger partial charge in [0, 0.05) is 17.2 Å². The van der Waals surface area contributed by atoms with Crippen LogP contribution in [-0.4, -0.2) is 42.6 Å². The van der Waals surface area contributed by atoms with Gasteiger partial charge in [-0.25, -0.2) is 10.3 Å². The molecule has 2 atom stereocenters. The van der Waals surface area contributed by atoms with E-state index in [1.54, 1.807) is 81.0 Å². The SMILES string of the molecule is COc1ccc(NC(=O)O[C@H](c2ccc(OCCO)cc2)[C@@H](C)/C=C(\C)C(=O)NO)cc1. The number of hydroxylamine groups is 1. The number of aliphatic hydroxyl groups excluding tert-OH is 1. The Bertz CT molecular complexity index is 911. The van der Waals surface area contributed by atoms with Gasteiger partial charge in [-0.05, 0) is 48.9 Å². The van der Waals surface area contributed by atoms with Crippen LogP contribution in [0.25, 0.3) is 0 Å². The zero-order valence-electron chi connectivity index (χ0n) is 18.2.